The quantitative estimate of drug-likeness (QED) is 0.650. The van der Waals surface area contributed by atoms with Gasteiger partial charge in [0.05, 0.1) is 7.11 Å². The van der Waals surface area contributed by atoms with Crippen LogP contribution in [0.4, 0.5) is 10.1 Å². The lowest BCUT2D eigenvalue weighted by Crippen LogP contribution is -2.20. The van der Waals surface area contributed by atoms with E-state index in [1.54, 1.807) is 6.07 Å². The molecule has 3 rings (SSSR count). The van der Waals surface area contributed by atoms with Crippen molar-refractivity contribution < 1.29 is 9.13 Å². The molecule has 0 spiro atoms. The third-order valence-electron chi connectivity index (χ3n) is 3.74. The molecule has 0 saturated carbocycles. The Bertz CT molecular complexity index is 788. The smallest absolute Gasteiger partial charge is 0.165 e. The number of hydrogen-bond acceptors (Lipinski definition) is 3. The van der Waals surface area contributed by atoms with E-state index >= 15 is 0 Å². The molecule has 4 heteroatoms. The second-order valence-corrected chi connectivity index (χ2v) is 5.39. The summed E-state index contributed by atoms with van der Waals surface area (Å²) in [4.78, 5) is 0. The van der Waals surface area contributed by atoms with Crippen LogP contribution >= 0.6 is 0 Å². The third kappa shape index (κ3) is 3.91. The highest BCUT2D eigenvalue weighted by atomic mass is 19.1. The average Bonchev–Trinajstić information content (AvgIpc) is 2.63. The molecule has 0 aliphatic heterocycles. The maximum Gasteiger partial charge on any atom is 0.165 e. The Morgan fingerprint density at radius 3 is 2.25 bits per heavy atom. The van der Waals surface area contributed by atoms with E-state index in [4.69, 9.17) is 4.74 Å². The van der Waals surface area contributed by atoms with Crippen LogP contribution in [-0.2, 0) is 6.54 Å². The van der Waals surface area contributed by atoms with Crippen LogP contribution in [0.5, 0.6) is 5.75 Å². The Morgan fingerprint density at radius 2 is 1.58 bits per heavy atom. The SMILES string of the molecule is COc1ccc(-c2ccc(CNNc3ccccc3)cc2)cc1F. The highest BCUT2D eigenvalue weighted by molar-refractivity contribution is 5.64. The van der Waals surface area contributed by atoms with Gasteiger partial charge in [-0.25, -0.2) is 9.82 Å². The van der Waals surface area contributed by atoms with Crippen LogP contribution in [-0.4, -0.2) is 7.11 Å². The summed E-state index contributed by atoms with van der Waals surface area (Å²) in [5.41, 5.74) is 10.3. The minimum atomic E-state index is -0.354. The number of hydrazine groups is 1. The van der Waals surface area contributed by atoms with E-state index < -0.39 is 0 Å². The molecule has 0 atom stereocenters. The van der Waals surface area contributed by atoms with Crippen molar-refractivity contribution >= 4 is 5.69 Å². The van der Waals surface area contributed by atoms with Crippen LogP contribution in [0, 0.1) is 5.82 Å². The fourth-order valence-electron chi connectivity index (χ4n) is 2.43. The highest BCUT2D eigenvalue weighted by Gasteiger charge is 2.05. The van der Waals surface area contributed by atoms with Gasteiger partial charge in [-0.2, -0.15) is 0 Å². The molecule has 0 aliphatic rings. The molecule has 0 aliphatic carbocycles. The van der Waals surface area contributed by atoms with Gasteiger partial charge in [-0.3, -0.25) is 0 Å². The predicted molar refractivity (Wildman–Crippen MR) is 95.3 cm³/mol. The van der Waals surface area contributed by atoms with Gasteiger partial charge in [-0.1, -0.05) is 48.5 Å². The fourth-order valence-corrected chi connectivity index (χ4v) is 2.43. The first-order valence-electron chi connectivity index (χ1n) is 7.73. The first-order valence-corrected chi connectivity index (χ1v) is 7.73. The predicted octanol–water partition coefficient (Wildman–Crippen LogP) is 4.62. The van der Waals surface area contributed by atoms with Crippen LogP contribution in [0.3, 0.4) is 0 Å². The number of para-hydroxylation sites is 1. The summed E-state index contributed by atoms with van der Waals surface area (Å²) in [6, 6.07) is 22.9. The van der Waals surface area contributed by atoms with Gasteiger partial charge < -0.3 is 10.2 Å². The van der Waals surface area contributed by atoms with Gasteiger partial charge in [0.2, 0.25) is 0 Å². The van der Waals surface area contributed by atoms with Crippen molar-refractivity contribution in [3.8, 4) is 16.9 Å². The van der Waals surface area contributed by atoms with E-state index in [-0.39, 0.29) is 11.6 Å². The third-order valence-corrected chi connectivity index (χ3v) is 3.74. The highest BCUT2D eigenvalue weighted by Crippen LogP contribution is 2.25. The molecule has 0 bridgehead atoms. The monoisotopic (exact) mass is 322 g/mol. The molecular weight excluding hydrogens is 303 g/mol. The summed E-state index contributed by atoms with van der Waals surface area (Å²) >= 11 is 0. The largest absolute Gasteiger partial charge is 0.494 e. The van der Waals surface area contributed by atoms with Gasteiger partial charge in [0.15, 0.2) is 11.6 Å². The lowest BCUT2D eigenvalue weighted by atomic mass is 10.0. The Labute approximate surface area is 141 Å². The standard InChI is InChI=1S/C20H19FN2O/c1-24-20-12-11-17(13-19(20)21)16-9-7-15(8-10-16)14-22-23-18-5-3-2-4-6-18/h2-13,22-23H,14H2,1H3. The van der Waals surface area contributed by atoms with Gasteiger partial charge in [-0.15, -0.1) is 0 Å². The minimum Gasteiger partial charge on any atom is -0.494 e. The Kier molecular flexibility index (Phi) is 5.08. The molecule has 0 radical (unpaired) electrons. The zero-order valence-electron chi connectivity index (χ0n) is 13.4. The van der Waals surface area contributed by atoms with Crippen LogP contribution in [0.25, 0.3) is 11.1 Å². The summed E-state index contributed by atoms with van der Waals surface area (Å²) in [7, 11) is 1.46. The molecule has 0 amide bonds. The van der Waals surface area contributed by atoms with E-state index in [0.717, 1.165) is 22.4 Å². The van der Waals surface area contributed by atoms with Crippen molar-refractivity contribution in [3.05, 3.63) is 84.2 Å². The summed E-state index contributed by atoms with van der Waals surface area (Å²) in [6.07, 6.45) is 0. The van der Waals surface area contributed by atoms with Crippen LogP contribution in [0.1, 0.15) is 5.56 Å². The first-order chi connectivity index (χ1) is 11.8. The number of nitrogens with one attached hydrogen (secondary N) is 2. The Balaban J connectivity index is 1.62. The van der Waals surface area contributed by atoms with Gasteiger partial charge in [-0.05, 0) is 41.0 Å². The number of hydrogen-bond donors (Lipinski definition) is 2. The topological polar surface area (TPSA) is 33.3 Å². The Hall–Kier alpha value is -2.85. The molecule has 3 nitrogen and oxygen atoms in total. The van der Waals surface area contributed by atoms with Gasteiger partial charge >= 0.3 is 0 Å². The number of methoxy groups -OCH3 is 1. The molecule has 0 saturated heterocycles. The number of rotatable bonds is 6. The van der Waals surface area contributed by atoms with Crippen LogP contribution < -0.4 is 15.6 Å². The minimum absolute atomic E-state index is 0.256. The second-order valence-electron chi connectivity index (χ2n) is 5.39. The van der Waals surface area contributed by atoms with E-state index in [9.17, 15) is 4.39 Å². The number of benzene rings is 3. The molecule has 3 aromatic carbocycles. The molecule has 0 aromatic heterocycles. The molecule has 0 fully saturated rings. The van der Waals surface area contributed by atoms with E-state index in [2.05, 4.69) is 10.9 Å². The van der Waals surface area contributed by atoms with E-state index in [1.807, 2.05) is 60.7 Å². The van der Waals surface area contributed by atoms with E-state index in [1.165, 1.54) is 13.2 Å². The van der Waals surface area contributed by atoms with Crippen molar-refractivity contribution in [2.24, 2.45) is 0 Å². The molecule has 24 heavy (non-hydrogen) atoms. The van der Waals surface area contributed by atoms with Gasteiger partial charge in [0.1, 0.15) is 0 Å². The average molecular weight is 322 g/mol. The lowest BCUT2D eigenvalue weighted by Gasteiger charge is -2.09. The zero-order chi connectivity index (χ0) is 16.8. The zero-order valence-corrected chi connectivity index (χ0v) is 13.4. The molecule has 122 valence electrons. The van der Waals surface area contributed by atoms with Crippen molar-refractivity contribution in [3.63, 3.8) is 0 Å². The normalized spacial score (nSPS) is 10.4. The Morgan fingerprint density at radius 1 is 0.875 bits per heavy atom. The molecule has 3 aromatic rings. The number of anilines is 1. The summed E-state index contributed by atoms with van der Waals surface area (Å²) < 4.78 is 18.7. The second kappa shape index (κ2) is 7.62. The number of halogens is 1. The molecule has 2 N–H and O–H groups in total. The van der Waals surface area contributed by atoms with Gasteiger partial charge in [0.25, 0.3) is 0 Å². The van der Waals surface area contributed by atoms with E-state index in [0.29, 0.717) is 6.54 Å². The summed E-state index contributed by atoms with van der Waals surface area (Å²) in [6.45, 7) is 0.687. The van der Waals surface area contributed by atoms with Gasteiger partial charge in [0, 0.05) is 12.2 Å². The molecule has 0 heterocycles. The fraction of sp³-hybridized carbons (Fsp3) is 0.100. The van der Waals surface area contributed by atoms with Crippen LogP contribution in [0.15, 0.2) is 72.8 Å². The van der Waals surface area contributed by atoms with Crippen molar-refractivity contribution in [2.75, 3.05) is 12.5 Å². The first kappa shape index (κ1) is 16.0. The molecular formula is C20H19FN2O. The lowest BCUT2D eigenvalue weighted by molar-refractivity contribution is 0.386. The summed E-state index contributed by atoms with van der Waals surface area (Å²) in [5.74, 6) is -0.0978. The summed E-state index contributed by atoms with van der Waals surface area (Å²) in [5, 5.41) is 0. The number of ether oxygens (including phenoxy) is 1. The maximum atomic E-state index is 13.8. The van der Waals surface area contributed by atoms with Crippen LogP contribution in [0.2, 0.25) is 0 Å². The van der Waals surface area contributed by atoms with Crippen molar-refractivity contribution in [2.45, 2.75) is 6.54 Å². The van der Waals surface area contributed by atoms with Crippen molar-refractivity contribution in [1.82, 2.24) is 5.43 Å². The molecule has 0 unspecified atom stereocenters. The van der Waals surface area contributed by atoms with Crippen molar-refractivity contribution in [1.29, 1.82) is 0 Å². The maximum absolute atomic E-state index is 13.8.